The van der Waals surface area contributed by atoms with Gasteiger partial charge in [0.15, 0.2) is 6.30 Å². The molecular formula is C11H13ClFNO2. The van der Waals surface area contributed by atoms with Crippen molar-refractivity contribution in [3.8, 4) is 0 Å². The molecule has 0 saturated heterocycles. The zero-order valence-corrected chi connectivity index (χ0v) is 9.32. The van der Waals surface area contributed by atoms with Crippen LogP contribution in [-0.2, 0) is 4.79 Å². The quantitative estimate of drug-likeness (QED) is 0.636. The molecular weight excluding hydrogens is 233 g/mol. The highest BCUT2D eigenvalue weighted by Crippen LogP contribution is 2.28. The Kier molecular flexibility index (Phi) is 5.22. The van der Waals surface area contributed by atoms with E-state index in [0.717, 1.165) is 12.8 Å². The molecule has 1 saturated carbocycles. The Labute approximate surface area is 98.2 Å². The van der Waals surface area contributed by atoms with Crippen LogP contribution in [0, 0.1) is 0 Å². The molecule has 5 heteroatoms. The summed E-state index contributed by atoms with van der Waals surface area (Å²) >= 11 is 5.84. The lowest BCUT2D eigenvalue weighted by molar-refractivity contribution is -0.122. The second kappa shape index (κ2) is 6.45. The Hall–Kier alpha value is -1.13. The number of halogens is 2. The number of rotatable bonds is 3. The van der Waals surface area contributed by atoms with E-state index >= 15 is 0 Å². The third-order valence-corrected chi connectivity index (χ3v) is 2.48. The van der Waals surface area contributed by atoms with E-state index in [1.807, 2.05) is 0 Å². The molecule has 1 atom stereocenters. The van der Waals surface area contributed by atoms with E-state index in [1.165, 1.54) is 0 Å². The summed E-state index contributed by atoms with van der Waals surface area (Å²) in [5.74, 6) is 0. The fourth-order valence-electron chi connectivity index (χ4n) is 1.23. The fraction of sp³-hybridized carbons (Fsp3) is 0.364. The van der Waals surface area contributed by atoms with Crippen molar-refractivity contribution in [3.05, 3.63) is 34.9 Å². The predicted molar refractivity (Wildman–Crippen MR) is 60.2 cm³/mol. The minimum absolute atomic E-state index is 0.250. The maximum Gasteiger partial charge on any atom is 0.290 e. The van der Waals surface area contributed by atoms with Crippen molar-refractivity contribution in [2.75, 3.05) is 0 Å². The number of hydrogen-bond donors (Lipinski definition) is 2. The van der Waals surface area contributed by atoms with E-state index in [0.29, 0.717) is 16.6 Å². The second-order valence-electron chi connectivity index (χ2n) is 3.43. The number of carboxylic acid groups (broad SMARTS) is 1. The zero-order valence-electron chi connectivity index (χ0n) is 8.57. The van der Waals surface area contributed by atoms with Gasteiger partial charge >= 0.3 is 0 Å². The normalized spacial score (nSPS) is 15.9. The van der Waals surface area contributed by atoms with Gasteiger partial charge in [-0.15, -0.1) is 0 Å². The number of nitrogens with one attached hydrogen (secondary N) is 1. The highest BCUT2D eigenvalue weighted by molar-refractivity contribution is 6.31. The van der Waals surface area contributed by atoms with Crippen molar-refractivity contribution in [2.24, 2.45) is 0 Å². The molecule has 2 N–H and O–H groups in total. The van der Waals surface area contributed by atoms with Gasteiger partial charge in [-0.1, -0.05) is 29.8 Å². The van der Waals surface area contributed by atoms with Crippen LogP contribution >= 0.6 is 11.6 Å². The molecule has 0 spiro atoms. The summed E-state index contributed by atoms with van der Waals surface area (Å²) in [6, 6.07) is 7.37. The minimum atomic E-state index is -1.12. The average Bonchev–Trinajstić information content (AvgIpc) is 3.03. The van der Waals surface area contributed by atoms with E-state index in [2.05, 4.69) is 5.32 Å². The van der Waals surface area contributed by atoms with Gasteiger partial charge in [-0.25, -0.2) is 4.39 Å². The molecule has 0 aromatic heterocycles. The van der Waals surface area contributed by atoms with E-state index in [1.54, 1.807) is 24.3 Å². The van der Waals surface area contributed by atoms with Crippen molar-refractivity contribution in [1.82, 2.24) is 5.32 Å². The standard InChI is InChI=1S/C10H11ClFN.CH2O2/c11-9-4-2-1-3-8(9)10(12)13-7-5-6-7;2-1-3/h1-4,7,10,13H,5-6H2;1H,(H,2,3). The van der Waals surface area contributed by atoms with Gasteiger partial charge in [0.2, 0.25) is 0 Å². The average molecular weight is 246 g/mol. The highest BCUT2D eigenvalue weighted by atomic mass is 35.5. The van der Waals surface area contributed by atoms with E-state index in [-0.39, 0.29) is 6.47 Å². The Bertz CT molecular complexity index is 345. The van der Waals surface area contributed by atoms with Gasteiger partial charge in [0.25, 0.3) is 6.47 Å². The number of alkyl halides is 1. The van der Waals surface area contributed by atoms with Crippen LogP contribution in [0.3, 0.4) is 0 Å². The first-order chi connectivity index (χ1) is 7.69. The molecule has 1 aliphatic rings. The molecule has 0 heterocycles. The lowest BCUT2D eigenvalue weighted by Gasteiger charge is -2.10. The van der Waals surface area contributed by atoms with Crippen molar-refractivity contribution in [1.29, 1.82) is 0 Å². The molecule has 0 bridgehead atoms. The second-order valence-corrected chi connectivity index (χ2v) is 3.84. The topological polar surface area (TPSA) is 49.3 Å². The molecule has 16 heavy (non-hydrogen) atoms. The van der Waals surface area contributed by atoms with Crippen molar-refractivity contribution < 1.29 is 14.3 Å². The summed E-state index contributed by atoms with van der Waals surface area (Å²) < 4.78 is 13.5. The monoisotopic (exact) mass is 245 g/mol. The first-order valence-electron chi connectivity index (χ1n) is 4.91. The van der Waals surface area contributed by atoms with Crippen LogP contribution in [-0.4, -0.2) is 17.6 Å². The van der Waals surface area contributed by atoms with Gasteiger partial charge in [0.05, 0.1) is 0 Å². The molecule has 1 fully saturated rings. The maximum absolute atomic E-state index is 13.5. The van der Waals surface area contributed by atoms with Gasteiger partial charge in [0.1, 0.15) is 0 Å². The summed E-state index contributed by atoms with van der Waals surface area (Å²) in [4.78, 5) is 8.36. The molecule has 1 aliphatic carbocycles. The number of benzene rings is 1. The van der Waals surface area contributed by atoms with Crippen LogP contribution in [0.5, 0.6) is 0 Å². The van der Waals surface area contributed by atoms with Crippen LogP contribution in [0.15, 0.2) is 24.3 Å². The van der Waals surface area contributed by atoms with Crippen LogP contribution in [0.25, 0.3) is 0 Å². The van der Waals surface area contributed by atoms with E-state index in [9.17, 15) is 4.39 Å². The minimum Gasteiger partial charge on any atom is -0.483 e. The summed E-state index contributed by atoms with van der Waals surface area (Å²) in [5.41, 5.74) is 0.538. The Morgan fingerprint density at radius 3 is 2.56 bits per heavy atom. The van der Waals surface area contributed by atoms with Crippen molar-refractivity contribution >= 4 is 18.1 Å². The molecule has 3 nitrogen and oxygen atoms in total. The SMILES string of the molecule is FC(NC1CC1)c1ccccc1Cl.O=CO. The molecule has 1 unspecified atom stereocenters. The summed E-state index contributed by atoms with van der Waals surface area (Å²) in [7, 11) is 0. The number of hydrogen-bond acceptors (Lipinski definition) is 2. The van der Waals surface area contributed by atoms with Crippen LogP contribution in [0.2, 0.25) is 5.02 Å². The molecule has 88 valence electrons. The molecule has 0 radical (unpaired) electrons. The molecule has 0 aliphatic heterocycles. The van der Waals surface area contributed by atoms with Gasteiger partial charge in [-0.05, 0) is 18.9 Å². The van der Waals surface area contributed by atoms with Gasteiger partial charge < -0.3 is 5.11 Å². The fourth-order valence-corrected chi connectivity index (χ4v) is 1.46. The first kappa shape index (κ1) is 12.9. The predicted octanol–water partition coefficient (Wildman–Crippen LogP) is 2.76. The highest BCUT2D eigenvalue weighted by Gasteiger charge is 2.25. The lowest BCUT2D eigenvalue weighted by atomic mass is 10.2. The Balaban J connectivity index is 0.000000386. The largest absolute Gasteiger partial charge is 0.483 e. The summed E-state index contributed by atoms with van der Waals surface area (Å²) in [6.07, 6.45) is 1.02. The van der Waals surface area contributed by atoms with Crippen LogP contribution in [0.1, 0.15) is 24.7 Å². The van der Waals surface area contributed by atoms with E-state index in [4.69, 9.17) is 21.5 Å². The smallest absolute Gasteiger partial charge is 0.290 e. The van der Waals surface area contributed by atoms with Crippen LogP contribution < -0.4 is 5.32 Å². The third-order valence-electron chi connectivity index (χ3n) is 2.14. The zero-order chi connectivity index (χ0) is 12.0. The van der Waals surface area contributed by atoms with E-state index < -0.39 is 6.30 Å². The molecule has 1 aromatic rings. The Morgan fingerprint density at radius 1 is 1.50 bits per heavy atom. The summed E-state index contributed by atoms with van der Waals surface area (Å²) in [5, 5.41) is 10.2. The third kappa shape index (κ3) is 4.16. The van der Waals surface area contributed by atoms with Gasteiger partial charge in [-0.3, -0.25) is 10.1 Å². The first-order valence-corrected chi connectivity index (χ1v) is 5.29. The lowest BCUT2D eigenvalue weighted by Crippen LogP contribution is -2.19. The number of carbonyl (C=O) groups is 1. The Morgan fingerprint density at radius 2 is 2.06 bits per heavy atom. The van der Waals surface area contributed by atoms with Gasteiger partial charge in [0, 0.05) is 16.6 Å². The molecule has 0 amide bonds. The summed E-state index contributed by atoms with van der Waals surface area (Å²) in [6.45, 7) is -0.250. The maximum atomic E-state index is 13.5. The molecule has 1 aromatic carbocycles. The van der Waals surface area contributed by atoms with Gasteiger partial charge in [-0.2, -0.15) is 0 Å². The van der Waals surface area contributed by atoms with Crippen molar-refractivity contribution in [2.45, 2.75) is 25.2 Å². The van der Waals surface area contributed by atoms with Crippen molar-refractivity contribution in [3.63, 3.8) is 0 Å². The van der Waals surface area contributed by atoms with Crippen LogP contribution in [0.4, 0.5) is 4.39 Å². The molecule has 2 rings (SSSR count).